The van der Waals surface area contributed by atoms with Crippen LogP contribution in [-0.2, 0) is 0 Å². The predicted octanol–water partition coefficient (Wildman–Crippen LogP) is 6.04. The standard InChI is InChI=1S/C28H23F2N7O/c1-2-3-24(38)33-18-10-16(13-31-14-18)19-11-20-23(12-21(19)30)36-37-26(20)28-34-22-8-9-32-25(27(22)35-28)15-4-6-17(29)7-5-15/h4-14,24,33,38H,2-3H2,1H3,(H,34,35)(H,36,37). The molecule has 4 aromatic heterocycles. The number of aliphatic hydroxyl groups excluding tert-OH is 1. The van der Waals surface area contributed by atoms with E-state index >= 15 is 4.39 Å². The molecule has 6 aromatic rings. The van der Waals surface area contributed by atoms with Gasteiger partial charge in [0.2, 0.25) is 0 Å². The molecule has 4 N–H and O–H groups in total. The molecule has 8 nitrogen and oxygen atoms in total. The van der Waals surface area contributed by atoms with Crippen molar-refractivity contribution in [1.29, 1.82) is 0 Å². The molecule has 190 valence electrons. The van der Waals surface area contributed by atoms with Crippen molar-refractivity contribution < 1.29 is 13.9 Å². The van der Waals surface area contributed by atoms with Gasteiger partial charge in [-0.2, -0.15) is 5.10 Å². The number of nitrogens with one attached hydrogen (secondary N) is 3. The van der Waals surface area contributed by atoms with Gasteiger partial charge in [0.05, 0.1) is 28.6 Å². The van der Waals surface area contributed by atoms with E-state index in [0.29, 0.717) is 56.9 Å². The van der Waals surface area contributed by atoms with E-state index in [9.17, 15) is 9.50 Å². The van der Waals surface area contributed by atoms with E-state index in [2.05, 4.69) is 30.5 Å². The highest BCUT2D eigenvalue weighted by molar-refractivity contribution is 5.97. The molecule has 2 aromatic carbocycles. The van der Waals surface area contributed by atoms with E-state index in [1.807, 2.05) is 6.92 Å². The van der Waals surface area contributed by atoms with E-state index in [-0.39, 0.29) is 5.82 Å². The summed E-state index contributed by atoms with van der Waals surface area (Å²) in [6.07, 6.45) is 5.50. The van der Waals surface area contributed by atoms with Gasteiger partial charge in [-0.05, 0) is 48.9 Å². The first-order valence-electron chi connectivity index (χ1n) is 12.2. The Kier molecular flexibility index (Phi) is 6.01. The second-order valence-electron chi connectivity index (χ2n) is 9.01. The number of aliphatic hydroxyl groups is 1. The minimum atomic E-state index is -0.716. The van der Waals surface area contributed by atoms with E-state index < -0.39 is 12.0 Å². The maximum absolute atomic E-state index is 15.2. The summed E-state index contributed by atoms with van der Waals surface area (Å²) in [5.41, 5.74) is 5.20. The number of imidazole rings is 1. The predicted molar refractivity (Wildman–Crippen MR) is 142 cm³/mol. The van der Waals surface area contributed by atoms with Crippen molar-refractivity contribution in [2.75, 3.05) is 5.32 Å². The first-order valence-corrected chi connectivity index (χ1v) is 12.2. The van der Waals surface area contributed by atoms with Crippen LogP contribution in [-0.4, -0.2) is 41.5 Å². The summed E-state index contributed by atoms with van der Waals surface area (Å²) in [6, 6.07) is 12.7. The molecule has 0 saturated carbocycles. The molecule has 1 unspecified atom stereocenters. The second kappa shape index (κ2) is 9.64. The molecule has 4 heterocycles. The lowest BCUT2D eigenvalue weighted by Gasteiger charge is -2.14. The Balaban J connectivity index is 1.42. The Morgan fingerprint density at radius 3 is 2.63 bits per heavy atom. The zero-order valence-corrected chi connectivity index (χ0v) is 20.3. The van der Waals surface area contributed by atoms with Gasteiger partial charge in [0, 0.05) is 40.5 Å². The van der Waals surface area contributed by atoms with Crippen LogP contribution in [0.25, 0.3) is 55.8 Å². The Bertz CT molecular complexity index is 1760. The molecule has 6 rings (SSSR count). The molecule has 0 radical (unpaired) electrons. The van der Waals surface area contributed by atoms with Crippen LogP contribution in [0, 0.1) is 11.6 Å². The van der Waals surface area contributed by atoms with E-state index in [4.69, 9.17) is 4.98 Å². The number of aromatic nitrogens is 6. The Morgan fingerprint density at radius 1 is 0.974 bits per heavy atom. The largest absolute Gasteiger partial charge is 0.374 e. The number of fused-ring (bicyclic) bond motifs is 2. The number of aromatic amines is 2. The Labute approximate surface area is 215 Å². The molecule has 0 spiro atoms. The van der Waals surface area contributed by atoms with Crippen molar-refractivity contribution in [2.24, 2.45) is 0 Å². The average molecular weight is 512 g/mol. The molecule has 10 heteroatoms. The molecule has 0 aliphatic rings. The molecule has 38 heavy (non-hydrogen) atoms. The molecule has 1 atom stereocenters. The van der Waals surface area contributed by atoms with Gasteiger partial charge in [-0.1, -0.05) is 13.3 Å². The fourth-order valence-corrected chi connectivity index (χ4v) is 4.51. The first kappa shape index (κ1) is 23.7. The van der Waals surface area contributed by atoms with Crippen LogP contribution in [0.15, 0.2) is 67.1 Å². The van der Waals surface area contributed by atoms with Crippen LogP contribution in [0.4, 0.5) is 14.5 Å². The summed E-state index contributed by atoms with van der Waals surface area (Å²) in [5, 5.41) is 21.1. The van der Waals surface area contributed by atoms with Crippen LogP contribution in [0.5, 0.6) is 0 Å². The molecular weight excluding hydrogens is 488 g/mol. The number of rotatable bonds is 7. The maximum Gasteiger partial charge on any atom is 0.159 e. The van der Waals surface area contributed by atoms with Gasteiger partial charge in [-0.25, -0.2) is 13.8 Å². The molecule has 0 aliphatic heterocycles. The maximum atomic E-state index is 15.2. The van der Waals surface area contributed by atoms with Gasteiger partial charge in [0.1, 0.15) is 29.1 Å². The Morgan fingerprint density at radius 2 is 1.82 bits per heavy atom. The normalized spacial score (nSPS) is 12.3. The third kappa shape index (κ3) is 4.35. The van der Waals surface area contributed by atoms with Crippen molar-refractivity contribution >= 4 is 27.6 Å². The summed E-state index contributed by atoms with van der Waals surface area (Å²) in [6.45, 7) is 1.98. The van der Waals surface area contributed by atoms with Crippen LogP contribution < -0.4 is 5.32 Å². The molecular formula is C28H23F2N7O. The van der Waals surface area contributed by atoms with Crippen LogP contribution in [0.1, 0.15) is 19.8 Å². The minimum Gasteiger partial charge on any atom is -0.374 e. The van der Waals surface area contributed by atoms with Gasteiger partial charge in [-0.15, -0.1) is 0 Å². The van der Waals surface area contributed by atoms with Gasteiger partial charge in [-0.3, -0.25) is 15.1 Å². The van der Waals surface area contributed by atoms with Crippen LogP contribution in [0.3, 0.4) is 0 Å². The second-order valence-corrected chi connectivity index (χ2v) is 9.01. The third-order valence-electron chi connectivity index (χ3n) is 6.34. The zero-order valence-electron chi connectivity index (χ0n) is 20.3. The third-order valence-corrected chi connectivity index (χ3v) is 6.34. The molecule has 0 fully saturated rings. The van der Waals surface area contributed by atoms with E-state index in [0.717, 1.165) is 17.5 Å². The summed E-state index contributed by atoms with van der Waals surface area (Å²) < 4.78 is 28.6. The minimum absolute atomic E-state index is 0.330. The van der Waals surface area contributed by atoms with Gasteiger partial charge in [0.25, 0.3) is 0 Å². The summed E-state index contributed by atoms with van der Waals surface area (Å²) in [4.78, 5) is 16.7. The molecule has 0 saturated heterocycles. The van der Waals surface area contributed by atoms with Crippen LogP contribution >= 0.6 is 0 Å². The smallest absolute Gasteiger partial charge is 0.159 e. The van der Waals surface area contributed by atoms with Gasteiger partial charge >= 0.3 is 0 Å². The summed E-state index contributed by atoms with van der Waals surface area (Å²) in [5.74, 6) is -0.284. The van der Waals surface area contributed by atoms with E-state index in [1.165, 1.54) is 18.2 Å². The van der Waals surface area contributed by atoms with Crippen LogP contribution in [0.2, 0.25) is 0 Å². The molecule has 0 amide bonds. The molecule has 0 bridgehead atoms. The van der Waals surface area contributed by atoms with Gasteiger partial charge in [0.15, 0.2) is 5.82 Å². The SMILES string of the molecule is CCCC(O)Nc1cncc(-c2cc3c(-c4nc5c(-c6ccc(F)cc6)nccc5[nH]4)n[nH]c3cc2F)c1. The monoisotopic (exact) mass is 511 g/mol. The number of hydrogen-bond donors (Lipinski definition) is 4. The highest BCUT2D eigenvalue weighted by Crippen LogP contribution is 2.34. The zero-order chi connectivity index (χ0) is 26.2. The average Bonchev–Trinajstić information content (AvgIpc) is 3.52. The van der Waals surface area contributed by atoms with Crippen molar-refractivity contribution in [3.63, 3.8) is 0 Å². The fraction of sp³-hybridized carbons (Fsp3) is 0.143. The highest BCUT2D eigenvalue weighted by Gasteiger charge is 2.18. The highest BCUT2D eigenvalue weighted by atomic mass is 19.1. The topological polar surface area (TPSA) is 115 Å². The van der Waals surface area contributed by atoms with E-state index in [1.54, 1.807) is 48.9 Å². The Hall–Kier alpha value is -4.70. The molecule has 0 aliphatic carbocycles. The quantitative estimate of drug-likeness (QED) is 0.194. The number of benzene rings is 2. The lowest BCUT2D eigenvalue weighted by molar-refractivity contribution is 0.192. The fourth-order valence-electron chi connectivity index (χ4n) is 4.51. The van der Waals surface area contributed by atoms with Crippen molar-refractivity contribution in [1.82, 2.24) is 30.1 Å². The lowest BCUT2D eigenvalue weighted by Crippen LogP contribution is -2.18. The van der Waals surface area contributed by atoms with Gasteiger partial charge < -0.3 is 15.4 Å². The number of H-pyrrole nitrogens is 2. The van der Waals surface area contributed by atoms with Crippen molar-refractivity contribution in [3.05, 3.63) is 78.8 Å². The number of halogens is 2. The lowest BCUT2D eigenvalue weighted by atomic mass is 10.0. The summed E-state index contributed by atoms with van der Waals surface area (Å²) >= 11 is 0. The number of hydrogen-bond acceptors (Lipinski definition) is 6. The van der Waals surface area contributed by atoms with Crippen molar-refractivity contribution in [3.8, 4) is 33.9 Å². The number of anilines is 1. The summed E-state index contributed by atoms with van der Waals surface area (Å²) in [7, 11) is 0. The van der Waals surface area contributed by atoms with Crippen molar-refractivity contribution in [2.45, 2.75) is 26.0 Å². The number of nitrogens with zero attached hydrogens (tertiary/aromatic N) is 4. The first-order chi connectivity index (χ1) is 18.5. The number of pyridine rings is 2.